The Morgan fingerprint density at radius 2 is 1.49 bits per heavy atom. The third kappa shape index (κ3) is 6.53. The molecule has 51 heavy (non-hydrogen) atoms. The Morgan fingerprint density at radius 1 is 0.745 bits per heavy atom. The van der Waals surface area contributed by atoms with Crippen molar-refractivity contribution in [3.8, 4) is 0 Å². The summed E-state index contributed by atoms with van der Waals surface area (Å²) in [6, 6.07) is 0. The van der Waals surface area contributed by atoms with Crippen LogP contribution >= 0.6 is 0 Å². The molecule has 1 spiro atoms. The molecule has 0 aliphatic carbocycles. The molecule has 12 bridgehead atoms. The van der Waals surface area contributed by atoms with Crippen LogP contribution in [-0.4, -0.2) is 120 Å². The van der Waals surface area contributed by atoms with Gasteiger partial charge in [-0.15, -0.1) is 0 Å². The van der Waals surface area contributed by atoms with E-state index in [0.717, 1.165) is 56.1 Å². The molecule has 10 heterocycles. The van der Waals surface area contributed by atoms with E-state index in [4.69, 9.17) is 37.9 Å². The van der Waals surface area contributed by atoms with Crippen molar-refractivity contribution in [1.82, 2.24) is 0 Å². The minimum absolute atomic E-state index is 0.00894. The van der Waals surface area contributed by atoms with Gasteiger partial charge in [-0.2, -0.15) is 0 Å². The summed E-state index contributed by atoms with van der Waals surface area (Å²) in [6.45, 7) is 12.9. The van der Waals surface area contributed by atoms with E-state index >= 15 is 0 Å². The second kappa shape index (κ2) is 13.8. The summed E-state index contributed by atoms with van der Waals surface area (Å²) < 4.78 is 53.9. The number of rotatable bonds is 3. The van der Waals surface area contributed by atoms with Crippen molar-refractivity contribution in [2.75, 3.05) is 6.61 Å². The van der Waals surface area contributed by atoms with Gasteiger partial charge in [-0.25, -0.2) is 0 Å². The fourth-order valence-electron chi connectivity index (χ4n) is 11.3. The number of carbonyl (C=O) groups excluding carboxylic acids is 1. The second-order valence-corrected chi connectivity index (χ2v) is 17.5. The monoisotopic (exact) mass is 714 g/mol. The van der Waals surface area contributed by atoms with Crippen molar-refractivity contribution in [2.24, 2.45) is 17.8 Å². The Labute approximate surface area is 301 Å². The lowest BCUT2D eigenvalue weighted by molar-refractivity contribution is -0.292. The lowest BCUT2D eigenvalue weighted by Gasteiger charge is -2.47. The molecule has 10 aliphatic heterocycles. The number of fused-ring (bicyclic) bond motifs is 6. The molecule has 0 saturated carbocycles. The number of ether oxygens (including phenoxy) is 8. The summed E-state index contributed by atoms with van der Waals surface area (Å²) in [6.07, 6.45) is 5.65. The molecule has 10 aliphatic rings. The van der Waals surface area contributed by atoms with E-state index in [9.17, 15) is 15.0 Å². The fourth-order valence-corrected chi connectivity index (χ4v) is 11.3. The first-order chi connectivity index (χ1) is 24.6. The topological polar surface area (TPSA) is 131 Å². The zero-order valence-electron chi connectivity index (χ0n) is 30.3. The summed E-state index contributed by atoms with van der Waals surface area (Å²) in [5.41, 5.74) is 2.22. The van der Waals surface area contributed by atoms with Crippen LogP contribution in [0.5, 0.6) is 0 Å². The zero-order chi connectivity index (χ0) is 35.2. The summed E-state index contributed by atoms with van der Waals surface area (Å²) in [7, 11) is 0. The average Bonchev–Trinajstić information content (AvgIpc) is 3.77. The molecule has 0 radical (unpaired) electrons. The molecule has 19 atom stereocenters. The van der Waals surface area contributed by atoms with Gasteiger partial charge in [0, 0.05) is 38.5 Å². The van der Waals surface area contributed by atoms with Gasteiger partial charge in [0.05, 0.1) is 67.6 Å². The Bertz CT molecular complexity index is 1360. The molecule has 0 aromatic heterocycles. The Morgan fingerprint density at radius 3 is 2.33 bits per heavy atom. The van der Waals surface area contributed by atoms with Crippen LogP contribution in [0.2, 0.25) is 0 Å². The molecule has 11 nitrogen and oxygen atoms in total. The standard InChI is InChI=1S/C40H58O11/c1-19-11-25-5-7-29-20(2)12-27(44-29)9-10-40-17-34-36(50-40)37-38(49-34)39(51-40)35-30(48-37)8-6-26(46-35)13-23(42)14-28-22(4)31(15-24(43)18-41)47-33(28)16-32(45-25)21(19)3/h19,22,24-39,41,43H,2-3,5-18H2,1,4H3/t19-,22-,24+,25?,26?,27+,28-,29+,30?,31-,32-,33+,34+,35?,36?,37+,38-,39+,40?/m1/s1. The van der Waals surface area contributed by atoms with E-state index in [1.807, 2.05) is 0 Å². The number of ketones is 1. The van der Waals surface area contributed by atoms with E-state index in [0.29, 0.717) is 44.4 Å². The first kappa shape index (κ1) is 35.5. The quantitative estimate of drug-likeness (QED) is 0.410. The van der Waals surface area contributed by atoms with E-state index in [2.05, 4.69) is 27.0 Å². The molecule has 10 fully saturated rings. The maximum atomic E-state index is 14.0. The smallest absolute Gasteiger partial charge is 0.172 e. The molecular weight excluding hydrogens is 656 g/mol. The first-order valence-electron chi connectivity index (χ1n) is 20.0. The SMILES string of the molecule is C=C1C[C@@H]2CCC34C[C@@H]5O[C@H]6[C@@H](O3)C3OC(CCC3O[C@H]6C5O4)CC(=O)C[C@@H]3[C@@H](C)[C@@H](C[C@H](O)CO)O[C@H]3C[C@H]3OC(CC[C@@H]1O2)C[C@@H](C)C3=C. The largest absolute Gasteiger partial charge is 0.394 e. The number of aliphatic hydroxyl groups is 2. The predicted molar refractivity (Wildman–Crippen MR) is 183 cm³/mol. The Kier molecular flexibility index (Phi) is 9.59. The van der Waals surface area contributed by atoms with Gasteiger partial charge in [0.1, 0.15) is 36.3 Å². The number of carbonyl (C=O) groups is 1. The van der Waals surface area contributed by atoms with Crippen LogP contribution < -0.4 is 0 Å². The number of aliphatic hydroxyl groups excluding tert-OH is 2. The zero-order valence-corrected chi connectivity index (χ0v) is 30.3. The summed E-state index contributed by atoms with van der Waals surface area (Å²) in [5.74, 6) is -0.367. The number of Topliss-reactive ketones (excluding diaryl/α,β-unsaturated/α-hetero) is 1. The molecule has 6 unspecified atom stereocenters. The highest BCUT2D eigenvalue weighted by atomic mass is 16.8. The molecule has 11 heteroatoms. The fraction of sp³-hybridized carbons (Fsp3) is 0.875. The van der Waals surface area contributed by atoms with Crippen LogP contribution in [0.15, 0.2) is 24.3 Å². The van der Waals surface area contributed by atoms with Gasteiger partial charge in [0.2, 0.25) is 0 Å². The minimum atomic E-state index is -0.872. The predicted octanol–water partition coefficient (Wildman–Crippen LogP) is 4.09. The molecule has 0 aromatic carbocycles. The van der Waals surface area contributed by atoms with Crippen molar-refractivity contribution in [3.05, 3.63) is 24.3 Å². The molecule has 0 amide bonds. The highest BCUT2D eigenvalue weighted by molar-refractivity contribution is 5.79. The normalized spacial score (nSPS) is 53.2. The summed E-state index contributed by atoms with van der Waals surface area (Å²) in [4.78, 5) is 14.0. The van der Waals surface area contributed by atoms with Gasteiger partial charge in [-0.3, -0.25) is 4.79 Å². The molecular formula is C40H58O11. The van der Waals surface area contributed by atoms with Crippen molar-refractivity contribution >= 4 is 5.78 Å². The molecule has 0 aromatic rings. The van der Waals surface area contributed by atoms with Crippen molar-refractivity contribution in [3.63, 3.8) is 0 Å². The van der Waals surface area contributed by atoms with Gasteiger partial charge in [-0.05, 0) is 73.8 Å². The van der Waals surface area contributed by atoms with E-state index in [1.54, 1.807) is 0 Å². The van der Waals surface area contributed by atoms with Crippen molar-refractivity contribution in [2.45, 2.75) is 195 Å². The van der Waals surface area contributed by atoms with Crippen LogP contribution in [0.1, 0.15) is 97.3 Å². The van der Waals surface area contributed by atoms with E-state index in [-0.39, 0.29) is 110 Å². The molecule has 10 rings (SSSR count). The summed E-state index contributed by atoms with van der Waals surface area (Å²) >= 11 is 0. The molecule has 2 N–H and O–H groups in total. The number of hydrogen-bond donors (Lipinski definition) is 2. The van der Waals surface area contributed by atoms with Crippen LogP contribution in [0, 0.1) is 17.8 Å². The van der Waals surface area contributed by atoms with Gasteiger partial charge in [0.15, 0.2) is 5.79 Å². The van der Waals surface area contributed by atoms with Crippen LogP contribution in [0.25, 0.3) is 0 Å². The summed E-state index contributed by atoms with van der Waals surface area (Å²) in [5, 5.41) is 20.0. The van der Waals surface area contributed by atoms with Gasteiger partial charge < -0.3 is 48.1 Å². The van der Waals surface area contributed by atoms with Gasteiger partial charge in [-0.1, -0.05) is 27.0 Å². The first-order valence-corrected chi connectivity index (χ1v) is 20.0. The maximum absolute atomic E-state index is 14.0. The molecule has 10 saturated heterocycles. The Balaban J connectivity index is 0.986. The second-order valence-electron chi connectivity index (χ2n) is 17.5. The lowest BCUT2D eigenvalue weighted by atomic mass is 9.79. The maximum Gasteiger partial charge on any atom is 0.172 e. The van der Waals surface area contributed by atoms with Crippen LogP contribution in [-0.2, 0) is 42.7 Å². The average molecular weight is 715 g/mol. The highest BCUT2D eigenvalue weighted by Crippen LogP contribution is 2.54. The van der Waals surface area contributed by atoms with E-state index < -0.39 is 11.9 Å². The lowest BCUT2D eigenvalue weighted by Crippen LogP contribution is -2.61. The van der Waals surface area contributed by atoms with Gasteiger partial charge in [0.25, 0.3) is 0 Å². The third-order valence-electron chi connectivity index (χ3n) is 14.1. The van der Waals surface area contributed by atoms with Crippen LogP contribution in [0.3, 0.4) is 0 Å². The van der Waals surface area contributed by atoms with Crippen molar-refractivity contribution < 1.29 is 52.9 Å². The van der Waals surface area contributed by atoms with E-state index in [1.165, 1.54) is 0 Å². The van der Waals surface area contributed by atoms with Crippen molar-refractivity contribution in [1.29, 1.82) is 0 Å². The minimum Gasteiger partial charge on any atom is -0.394 e. The van der Waals surface area contributed by atoms with Gasteiger partial charge >= 0.3 is 0 Å². The number of hydrogen-bond acceptors (Lipinski definition) is 11. The highest BCUT2D eigenvalue weighted by Gasteiger charge is 2.68. The Hall–Kier alpha value is -1.25. The third-order valence-corrected chi connectivity index (χ3v) is 14.1. The molecule has 284 valence electrons. The van der Waals surface area contributed by atoms with Crippen LogP contribution in [0.4, 0.5) is 0 Å².